The lowest BCUT2D eigenvalue weighted by molar-refractivity contribution is 0.271. The molecule has 1 aromatic heterocycles. The van der Waals surface area contributed by atoms with Gasteiger partial charge in [0.1, 0.15) is 0 Å². The van der Waals surface area contributed by atoms with Gasteiger partial charge in [0.15, 0.2) is 0 Å². The largest absolute Gasteiger partial charge is 0.313 e. The van der Waals surface area contributed by atoms with Gasteiger partial charge >= 0.3 is 0 Å². The molecule has 0 aliphatic carbocycles. The molecule has 3 rings (SSSR count). The monoisotopic (exact) mass is 345 g/mol. The highest BCUT2D eigenvalue weighted by Crippen LogP contribution is 2.29. The number of piperazine rings is 1. The quantitative estimate of drug-likeness (QED) is 0.925. The molecule has 0 saturated carbocycles. The van der Waals surface area contributed by atoms with Gasteiger partial charge in [-0.2, -0.15) is 4.31 Å². The van der Waals surface area contributed by atoms with Crippen molar-refractivity contribution in [3.8, 4) is 0 Å². The molecule has 1 atom stereocenters. The number of hydrogen-bond donors (Lipinski definition) is 1. The minimum atomic E-state index is -3.55. The lowest BCUT2D eigenvalue weighted by Gasteiger charge is -2.35. The third kappa shape index (κ3) is 3.36. The van der Waals surface area contributed by atoms with Crippen LogP contribution in [-0.2, 0) is 10.0 Å². The Morgan fingerprint density at radius 1 is 1.25 bits per heavy atom. The van der Waals surface area contributed by atoms with E-state index in [2.05, 4.69) is 24.1 Å². The Labute approximate surface area is 143 Å². The van der Waals surface area contributed by atoms with E-state index in [1.165, 1.54) is 0 Å². The zero-order valence-electron chi connectivity index (χ0n) is 14.0. The summed E-state index contributed by atoms with van der Waals surface area (Å²) in [5.41, 5.74) is 1.94. The Balaban J connectivity index is 1.99. The maximum absolute atomic E-state index is 13.2. The number of sulfonamides is 1. The van der Waals surface area contributed by atoms with E-state index >= 15 is 0 Å². The number of nitrogens with zero attached hydrogens (tertiary/aromatic N) is 2. The van der Waals surface area contributed by atoms with Crippen molar-refractivity contribution in [3.63, 3.8) is 0 Å². The van der Waals surface area contributed by atoms with Crippen molar-refractivity contribution in [1.82, 2.24) is 14.6 Å². The maximum atomic E-state index is 13.2. The summed E-state index contributed by atoms with van der Waals surface area (Å²) in [4.78, 5) is 4.50. The Morgan fingerprint density at radius 2 is 2.08 bits per heavy atom. The molecule has 1 aliphatic rings. The van der Waals surface area contributed by atoms with Gasteiger partial charge in [-0.25, -0.2) is 8.42 Å². The molecular weight excluding hydrogens is 322 g/mol. The molecule has 128 valence electrons. The van der Waals surface area contributed by atoms with Crippen LogP contribution in [0.3, 0.4) is 0 Å². The zero-order chi connectivity index (χ0) is 17.2. The van der Waals surface area contributed by atoms with Crippen molar-refractivity contribution >= 4 is 10.0 Å². The van der Waals surface area contributed by atoms with Gasteiger partial charge in [-0.1, -0.05) is 32.0 Å². The van der Waals surface area contributed by atoms with Crippen LogP contribution in [0.25, 0.3) is 0 Å². The van der Waals surface area contributed by atoms with E-state index in [0.717, 1.165) is 11.1 Å². The van der Waals surface area contributed by atoms with Crippen LogP contribution in [-0.4, -0.2) is 37.3 Å². The normalized spacial score (nSPS) is 19.5. The van der Waals surface area contributed by atoms with Crippen LogP contribution in [0.2, 0.25) is 0 Å². The van der Waals surface area contributed by atoms with Gasteiger partial charge in [0.2, 0.25) is 10.0 Å². The first-order valence-electron chi connectivity index (χ1n) is 8.22. The second-order valence-corrected chi connectivity index (χ2v) is 8.24. The lowest BCUT2D eigenvalue weighted by Crippen LogP contribution is -2.48. The minimum Gasteiger partial charge on any atom is -0.313 e. The summed E-state index contributed by atoms with van der Waals surface area (Å²) in [7, 11) is -3.55. The van der Waals surface area contributed by atoms with Gasteiger partial charge < -0.3 is 5.32 Å². The van der Waals surface area contributed by atoms with E-state index in [-0.39, 0.29) is 12.0 Å². The fraction of sp³-hybridized carbons (Fsp3) is 0.389. The van der Waals surface area contributed by atoms with Gasteiger partial charge in [-0.05, 0) is 35.2 Å². The van der Waals surface area contributed by atoms with Gasteiger partial charge in [-0.15, -0.1) is 0 Å². The molecule has 0 amide bonds. The highest BCUT2D eigenvalue weighted by molar-refractivity contribution is 7.89. The molecule has 1 N–H and O–H groups in total. The molecule has 1 aromatic carbocycles. The number of nitrogens with one attached hydrogen (secondary N) is 1. The molecule has 2 heterocycles. The molecule has 2 aromatic rings. The van der Waals surface area contributed by atoms with E-state index in [9.17, 15) is 8.42 Å². The molecular formula is C18H23N3O2S. The second kappa shape index (κ2) is 7.01. The number of hydrogen-bond acceptors (Lipinski definition) is 4. The molecule has 1 saturated heterocycles. The SMILES string of the molecule is CC(C)c1cccc(S(=O)(=O)N2CCNCC2c2cccnc2)c1. The molecule has 24 heavy (non-hydrogen) atoms. The van der Waals surface area contributed by atoms with Gasteiger partial charge in [0.25, 0.3) is 0 Å². The molecule has 1 aliphatic heterocycles. The molecule has 5 nitrogen and oxygen atoms in total. The second-order valence-electron chi connectivity index (χ2n) is 6.35. The lowest BCUT2D eigenvalue weighted by atomic mass is 10.0. The number of benzene rings is 1. The van der Waals surface area contributed by atoms with Crippen LogP contribution in [0.4, 0.5) is 0 Å². The summed E-state index contributed by atoms with van der Waals surface area (Å²) < 4.78 is 28.0. The first-order valence-corrected chi connectivity index (χ1v) is 9.66. The summed E-state index contributed by atoms with van der Waals surface area (Å²) in [5.74, 6) is 0.289. The molecule has 6 heteroatoms. The average Bonchev–Trinajstić information content (AvgIpc) is 2.62. The zero-order valence-corrected chi connectivity index (χ0v) is 14.8. The minimum absolute atomic E-state index is 0.236. The molecule has 1 fully saturated rings. The first-order chi connectivity index (χ1) is 11.5. The summed E-state index contributed by atoms with van der Waals surface area (Å²) in [5, 5.41) is 3.28. The van der Waals surface area contributed by atoms with Crippen molar-refractivity contribution in [3.05, 3.63) is 59.9 Å². The van der Waals surface area contributed by atoms with E-state index in [1.54, 1.807) is 28.8 Å². The fourth-order valence-corrected chi connectivity index (χ4v) is 4.67. The Morgan fingerprint density at radius 3 is 2.79 bits per heavy atom. The number of rotatable bonds is 4. The Kier molecular flexibility index (Phi) is 4.99. The Bertz CT molecular complexity index is 791. The van der Waals surface area contributed by atoms with Crippen molar-refractivity contribution in [2.45, 2.75) is 30.7 Å². The third-order valence-electron chi connectivity index (χ3n) is 4.39. The van der Waals surface area contributed by atoms with Gasteiger partial charge in [-0.3, -0.25) is 4.98 Å². The predicted molar refractivity (Wildman–Crippen MR) is 94.3 cm³/mol. The first kappa shape index (κ1) is 17.1. The Hall–Kier alpha value is -1.76. The third-order valence-corrected chi connectivity index (χ3v) is 6.30. The molecule has 1 unspecified atom stereocenters. The summed E-state index contributed by atoms with van der Waals surface area (Å²) in [6.45, 7) is 5.83. The standard InChI is InChI=1S/C18H23N3O2S/c1-14(2)15-5-3-7-17(11-15)24(22,23)21-10-9-20-13-18(21)16-6-4-8-19-12-16/h3-8,11-12,14,18,20H,9-10,13H2,1-2H3. The molecule has 0 radical (unpaired) electrons. The van der Waals surface area contributed by atoms with Crippen LogP contribution >= 0.6 is 0 Å². The predicted octanol–water partition coefficient (Wildman–Crippen LogP) is 2.54. The highest BCUT2D eigenvalue weighted by atomic mass is 32.2. The van der Waals surface area contributed by atoms with Crippen molar-refractivity contribution in [2.75, 3.05) is 19.6 Å². The summed E-state index contributed by atoms with van der Waals surface area (Å²) >= 11 is 0. The maximum Gasteiger partial charge on any atom is 0.243 e. The average molecular weight is 345 g/mol. The van der Waals surface area contributed by atoms with Crippen molar-refractivity contribution in [2.24, 2.45) is 0 Å². The smallest absolute Gasteiger partial charge is 0.243 e. The summed E-state index contributed by atoms with van der Waals surface area (Å²) in [6.07, 6.45) is 3.44. The fourth-order valence-electron chi connectivity index (χ4n) is 3.00. The van der Waals surface area contributed by atoms with Gasteiger partial charge in [0.05, 0.1) is 10.9 Å². The number of pyridine rings is 1. The van der Waals surface area contributed by atoms with E-state index in [0.29, 0.717) is 24.5 Å². The van der Waals surface area contributed by atoms with Crippen LogP contribution in [0.5, 0.6) is 0 Å². The van der Waals surface area contributed by atoms with E-state index in [4.69, 9.17) is 0 Å². The summed E-state index contributed by atoms with van der Waals surface area (Å²) in [6, 6.07) is 10.8. The van der Waals surface area contributed by atoms with Crippen molar-refractivity contribution < 1.29 is 8.42 Å². The highest BCUT2D eigenvalue weighted by Gasteiger charge is 2.34. The van der Waals surface area contributed by atoms with E-state index < -0.39 is 10.0 Å². The van der Waals surface area contributed by atoms with Gasteiger partial charge in [0, 0.05) is 32.0 Å². The molecule has 0 spiro atoms. The van der Waals surface area contributed by atoms with Crippen LogP contribution in [0, 0.1) is 0 Å². The molecule has 0 bridgehead atoms. The van der Waals surface area contributed by atoms with E-state index in [1.807, 2.05) is 24.3 Å². The van der Waals surface area contributed by atoms with Crippen LogP contribution in [0.15, 0.2) is 53.7 Å². The topological polar surface area (TPSA) is 62.3 Å². The van der Waals surface area contributed by atoms with Crippen molar-refractivity contribution in [1.29, 1.82) is 0 Å². The number of aromatic nitrogens is 1. The van der Waals surface area contributed by atoms with Crippen LogP contribution < -0.4 is 5.32 Å². The van der Waals surface area contributed by atoms with Crippen LogP contribution in [0.1, 0.15) is 36.9 Å².